The summed E-state index contributed by atoms with van der Waals surface area (Å²) in [7, 11) is 0. The molecule has 0 rings (SSSR count). The molecule has 0 saturated heterocycles. The van der Waals surface area contributed by atoms with E-state index in [0.717, 1.165) is 44.0 Å². The number of allylic oxidation sites excluding steroid dienone is 2. The number of hydrogen-bond acceptors (Lipinski definition) is 2. The predicted octanol–water partition coefficient (Wildman–Crippen LogP) is 7.79. The molecule has 0 heterocycles. The van der Waals surface area contributed by atoms with Gasteiger partial charge in [-0.1, -0.05) is 98.1 Å². The lowest BCUT2D eigenvalue weighted by Gasteiger charge is -2.18. The third-order valence-corrected chi connectivity index (χ3v) is 4.67. The summed E-state index contributed by atoms with van der Waals surface area (Å²) in [4.78, 5) is 0. The van der Waals surface area contributed by atoms with Crippen molar-refractivity contribution in [2.45, 2.75) is 104 Å². The van der Waals surface area contributed by atoms with Gasteiger partial charge in [0.15, 0.2) is 0 Å². The van der Waals surface area contributed by atoms with Crippen LogP contribution in [0.2, 0.25) is 0 Å². The van der Waals surface area contributed by atoms with Crippen LogP contribution in [0.4, 0.5) is 0 Å². The number of unbranched alkanes of at least 4 members (excludes halogenated alkanes) is 10. The van der Waals surface area contributed by atoms with E-state index >= 15 is 0 Å². The average Bonchev–Trinajstić information content (AvgIpc) is 2.59. The van der Waals surface area contributed by atoms with Crippen molar-refractivity contribution < 1.29 is 9.47 Å². The van der Waals surface area contributed by atoms with Crippen molar-refractivity contribution in [1.82, 2.24) is 0 Å². The maximum Gasteiger partial charge on any atom is 0.0920 e. The summed E-state index contributed by atoms with van der Waals surface area (Å²) in [5.41, 5.74) is 0. The lowest BCUT2D eigenvalue weighted by atomic mass is 10.1. The minimum absolute atomic E-state index is 0.275. The van der Waals surface area contributed by atoms with Crippen LogP contribution < -0.4 is 0 Å². The third-order valence-electron chi connectivity index (χ3n) is 4.67. The molecule has 0 aliphatic rings. The van der Waals surface area contributed by atoms with Crippen molar-refractivity contribution >= 4 is 0 Å². The summed E-state index contributed by atoms with van der Waals surface area (Å²) < 4.78 is 11.6. The van der Waals surface area contributed by atoms with Crippen molar-refractivity contribution in [3.05, 3.63) is 24.7 Å². The summed E-state index contributed by atoms with van der Waals surface area (Å²) >= 11 is 0. The van der Waals surface area contributed by atoms with Crippen LogP contribution in [0.15, 0.2) is 24.7 Å². The number of ether oxygens (including phenoxy) is 2. The van der Waals surface area contributed by atoms with E-state index in [4.69, 9.17) is 9.47 Å². The summed E-state index contributed by atoms with van der Waals surface area (Å²) in [5, 5.41) is 0. The molecule has 0 radical (unpaired) electrons. The molecule has 2 heteroatoms. The first-order valence-electron chi connectivity index (χ1n) is 10.7. The Morgan fingerprint density at radius 1 is 0.680 bits per heavy atom. The Morgan fingerprint density at radius 3 is 1.64 bits per heavy atom. The third kappa shape index (κ3) is 16.3. The molecule has 0 aromatic heterocycles. The molecule has 25 heavy (non-hydrogen) atoms. The Labute approximate surface area is 158 Å². The highest BCUT2D eigenvalue weighted by Gasteiger charge is 2.10. The summed E-state index contributed by atoms with van der Waals surface area (Å²) in [6, 6.07) is 0. The molecule has 0 aromatic rings. The van der Waals surface area contributed by atoms with Crippen LogP contribution in [0, 0.1) is 5.92 Å². The van der Waals surface area contributed by atoms with Gasteiger partial charge in [0.05, 0.1) is 24.7 Å². The minimum atomic E-state index is 0.275. The van der Waals surface area contributed by atoms with E-state index in [1.54, 1.807) is 0 Å². The number of rotatable bonds is 19. The maximum absolute atomic E-state index is 5.80. The van der Waals surface area contributed by atoms with Gasteiger partial charge in [-0.3, -0.25) is 0 Å². The zero-order chi connectivity index (χ0) is 18.8. The average molecular weight is 353 g/mol. The fraction of sp³-hybridized carbons (Fsp3) is 0.826. The van der Waals surface area contributed by atoms with Crippen LogP contribution in [0.3, 0.4) is 0 Å². The van der Waals surface area contributed by atoms with Gasteiger partial charge in [0, 0.05) is 12.3 Å². The standard InChI is InChI=1S/C23H44O2/c1-6-8-10-12-14-16-18-24-22(4)20-21(3)23(5)25-19-17-15-13-11-9-7-2/h21H,4-20H2,1-3H3. The van der Waals surface area contributed by atoms with E-state index in [0.29, 0.717) is 0 Å². The molecule has 0 aliphatic carbocycles. The quantitative estimate of drug-likeness (QED) is 0.174. The molecule has 0 saturated carbocycles. The van der Waals surface area contributed by atoms with Crippen molar-refractivity contribution in [2.24, 2.45) is 5.92 Å². The van der Waals surface area contributed by atoms with E-state index in [9.17, 15) is 0 Å². The zero-order valence-corrected chi connectivity index (χ0v) is 17.4. The summed E-state index contributed by atoms with van der Waals surface area (Å²) in [6.07, 6.45) is 16.2. The van der Waals surface area contributed by atoms with Crippen molar-refractivity contribution in [3.63, 3.8) is 0 Å². The maximum atomic E-state index is 5.80. The topological polar surface area (TPSA) is 18.5 Å². The first-order valence-corrected chi connectivity index (χ1v) is 10.7. The highest BCUT2D eigenvalue weighted by Crippen LogP contribution is 2.20. The largest absolute Gasteiger partial charge is 0.499 e. The van der Waals surface area contributed by atoms with E-state index in [1.807, 2.05) is 0 Å². The molecule has 0 aliphatic heterocycles. The fourth-order valence-corrected chi connectivity index (χ4v) is 2.84. The highest BCUT2D eigenvalue weighted by molar-refractivity contribution is 4.96. The van der Waals surface area contributed by atoms with Crippen LogP contribution in [-0.2, 0) is 9.47 Å². The van der Waals surface area contributed by atoms with Crippen molar-refractivity contribution in [1.29, 1.82) is 0 Å². The monoisotopic (exact) mass is 352 g/mol. The van der Waals surface area contributed by atoms with E-state index in [1.165, 1.54) is 64.2 Å². The van der Waals surface area contributed by atoms with E-state index < -0.39 is 0 Å². The minimum Gasteiger partial charge on any atom is -0.499 e. The normalized spacial score (nSPS) is 12.0. The fourth-order valence-electron chi connectivity index (χ4n) is 2.84. The second kappa shape index (κ2) is 17.9. The van der Waals surface area contributed by atoms with E-state index in [-0.39, 0.29) is 5.92 Å². The molecule has 0 aromatic carbocycles. The van der Waals surface area contributed by atoms with Gasteiger partial charge >= 0.3 is 0 Å². The molecular weight excluding hydrogens is 308 g/mol. The Hall–Kier alpha value is -0.920. The lowest BCUT2D eigenvalue weighted by molar-refractivity contribution is 0.156. The smallest absolute Gasteiger partial charge is 0.0920 e. The van der Waals surface area contributed by atoms with Gasteiger partial charge in [-0.05, 0) is 12.8 Å². The molecular formula is C23H44O2. The second-order valence-electron chi connectivity index (χ2n) is 7.34. The molecule has 0 bridgehead atoms. The van der Waals surface area contributed by atoms with Crippen LogP contribution in [0.5, 0.6) is 0 Å². The first-order chi connectivity index (χ1) is 12.1. The van der Waals surface area contributed by atoms with Gasteiger partial charge in [-0.2, -0.15) is 0 Å². The Balaban J connectivity index is 3.56. The molecule has 1 atom stereocenters. The molecule has 0 fully saturated rings. The van der Waals surface area contributed by atoms with Crippen LogP contribution in [0.1, 0.15) is 104 Å². The van der Waals surface area contributed by atoms with Gasteiger partial charge in [0.1, 0.15) is 0 Å². The van der Waals surface area contributed by atoms with Crippen molar-refractivity contribution in [3.8, 4) is 0 Å². The molecule has 0 spiro atoms. The van der Waals surface area contributed by atoms with Gasteiger partial charge in [0.2, 0.25) is 0 Å². The first kappa shape index (κ1) is 24.1. The molecule has 2 nitrogen and oxygen atoms in total. The van der Waals surface area contributed by atoms with Gasteiger partial charge in [0.25, 0.3) is 0 Å². The van der Waals surface area contributed by atoms with Crippen LogP contribution in [0.25, 0.3) is 0 Å². The van der Waals surface area contributed by atoms with Crippen LogP contribution >= 0.6 is 0 Å². The van der Waals surface area contributed by atoms with Crippen LogP contribution in [-0.4, -0.2) is 13.2 Å². The summed E-state index contributed by atoms with van der Waals surface area (Å²) in [6.45, 7) is 16.3. The van der Waals surface area contributed by atoms with Crippen molar-refractivity contribution in [2.75, 3.05) is 13.2 Å². The molecule has 0 N–H and O–H groups in total. The summed E-state index contributed by atoms with van der Waals surface area (Å²) in [5.74, 6) is 2.01. The molecule has 0 amide bonds. The predicted molar refractivity (Wildman–Crippen MR) is 111 cm³/mol. The number of hydrogen-bond donors (Lipinski definition) is 0. The van der Waals surface area contributed by atoms with Gasteiger partial charge in [-0.15, -0.1) is 0 Å². The zero-order valence-electron chi connectivity index (χ0n) is 17.4. The van der Waals surface area contributed by atoms with Gasteiger partial charge < -0.3 is 9.47 Å². The Bertz CT molecular complexity index is 322. The molecule has 148 valence electrons. The second-order valence-corrected chi connectivity index (χ2v) is 7.34. The van der Waals surface area contributed by atoms with Gasteiger partial charge in [-0.25, -0.2) is 0 Å². The Kier molecular flexibility index (Phi) is 17.2. The Morgan fingerprint density at radius 2 is 1.12 bits per heavy atom. The highest BCUT2D eigenvalue weighted by atomic mass is 16.5. The lowest BCUT2D eigenvalue weighted by Crippen LogP contribution is -2.06. The SMILES string of the molecule is C=C(CC(C)C(=C)OCCCCCCCC)OCCCCCCCC. The van der Waals surface area contributed by atoms with E-state index in [2.05, 4.69) is 33.9 Å². The molecule has 1 unspecified atom stereocenters.